The Hall–Kier alpha value is -2.44. The van der Waals surface area contributed by atoms with Crippen LogP contribution in [0.1, 0.15) is 18.4 Å². The van der Waals surface area contributed by atoms with Crippen LogP contribution in [0.3, 0.4) is 0 Å². The number of nitriles is 2. The van der Waals surface area contributed by atoms with E-state index < -0.39 is 17.1 Å². The molecule has 1 amide bonds. The number of nitrogens with one attached hydrogen (secondary N) is 1. The minimum atomic E-state index is -1.18. The van der Waals surface area contributed by atoms with Crippen LogP contribution in [0.4, 0.5) is 10.1 Å². The Morgan fingerprint density at radius 1 is 1.35 bits per heavy atom. The molecule has 0 atom stereocenters. The van der Waals surface area contributed by atoms with E-state index in [0.29, 0.717) is 13.2 Å². The summed E-state index contributed by atoms with van der Waals surface area (Å²) in [5, 5.41) is 20.3. The van der Waals surface area contributed by atoms with E-state index in [-0.39, 0.29) is 24.1 Å². The van der Waals surface area contributed by atoms with Crippen LogP contribution in [0.25, 0.3) is 0 Å². The van der Waals surface area contributed by atoms with Crippen molar-refractivity contribution in [1.29, 1.82) is 10.5 Å². The molecule has 0 spiro atoms. The summed E-state index contributed by atoms with van der Waals surface area (Å²) in [6, 6.07) is 7.58. The van der Waals surface area contributed by atoms with Gasteiger partial charge in [-0.05, 0) is 31.0 Å². The first-order valence-electron chi connectivity index (χ1n) is 6.11. The van der Waals surface area contributed by atoms with Crippen LogP contribution in [-0.4, -0.2) is 19.1 Å². The molecule has 1 aliphatic rings. The molecule has 102 valence electrons. The molecular weight excluding hydrogens is 261 g/mol. The van der Waals surface area contributed by atoms with Gasteiger partial charge in [-0.25, -0.2) is 4.39 Å². The number of amides is 1. The lowest BCUT2D eigenvalue weighted by atomic mass is 9.81. The summed E-state index contributed by atoms with van der Waals surface area (Å²) < 4.78 is 18.9. The van der Waals surface area contributed by atoms with Gasteiger partial charge in [-0.15, -0.1) is 0 Å². The first kappa shape index (κ1) is 14.0. The number of carbonyl (C=O) groups is 1. The molecule has 0 saturated carbocycles. The monoisotopic (exact) mass is 273 g/mol. The molecule has 0 unspecified atom stereocenters. The van der Waals surface area contributed by atoms with Crippen LogP contribution in [0, 0.1) is 33.9 Å². The number of hydrogen-bond donors (Lipinski definition) is 1. The lowest BCUT2D eigenvalue weighted by Gasteiger charge is -2.29. The molecule has 0 radical (unpaired) electrons. The van der Waals surface area contributed by atoms with Crippen molar-refractivity contribution in [2.45, 2.75) is 12.8 Å². The van der Waals surface area contributed by atoms with Crippen molar-refractivity contribution in [3.05, 3.63) is 29.6 Å². The fourth-order valence-corrected chi connectivity index (χ4v) is 2.04. The SMILES string of the molecule is N#Cc1ccc(NC(=O)C2(C#N)CCOCC2)c(F)c1. The van der Waals surface area contributed by atoms with Crippen molar-refractivity contribution in [3.63, 3.8) is 0 Å². The Bertz CT molecular complexity index is 610. The fourth-order valence-electron chi connectivity index (χ4n) is 2.04. The van der Waals surface area contributed by atoms with Gasteiger partial charge >= 0.3 is 0 Å². The minimum absolute atomic E-state index is 0.0323. The van der Waals surface area contributed by atoms with E-state index in [1.807, 2.05) is 12.1 Å². The second-order valence-corrected chi connectivity index (χ2v) is 4.57. The predicted octanol–water partition coefficient (Wildman–Crippen LogP) is 1.96. The summed E-state index contributed by atoms with van der Waals surface area (Å²) in [7, 11) is 0. The second kappa shape index (κ2) is 5.68. The standard InChI is InChI=1S/C14H12FN3O2/c15-11-7-10(8-16)1-2-12(11)18-13(19)14(9-17)3-5-20-6-4-14/h1-2,7H,3-6H2,(H,18,19). The van der Waals surface area contributed by atoms with Gasteiger partial charge in [0, 0.05) is 13.2 Å². The summed E-state index contributed by atoms with van der Waals surface area (Å²) in [6.07, 6.45) is 0.570. The van der Waals surface area contributed by atoms with Crippen molar-refractivity contribution < 1.29 is 13.9 Å². The first-order valence-corrected chi connectivity index (χ1v) is 6.11. The third-order valence-electron chi connectivity index (χ3n) is 3.34. The molecule has 20 heavy (non-hydrogen) atoms. The van der Waals surface area contributed by atoms with E-state index in [9.17, 15) is 14.4 Å². The van der Waals surface area contributed by atoms with Gasteiger partial charge in [0.2, 0.25) is 5.91 Å². The Morgan fingerprint density at radius 3 is 2.60 bits per heavy atom. The summed E-state index contributed by atoms with van der Waals surface area (Å²) in [5.41, 5.74) is -1.05. The Kier molecular flexibility index (Phi) is 3.97. The average Bonchev–Trinajstić information content (AvgIpc) is 2.49. The molecular formula is C14H12FN3O2. The van der Waals surface area contributed by atoms with E-state index in [2.05, 4.69) is 5.32 Å². The minimum Gasteiger partial charge on any atom is -0.381 e. The highest BCUT2D eigenvalue weighted by atomic mass is 19.1. The van der Waals surface area contributed by atoms with E-state index in [0.717, 1.165) is 6.07 Å². The van der Waals surface area contributed by atoms with Gasteiger partial charge in [0.05, 0.1) is 23.4 Å². The van der Waals surface area contributed by atoms with Crippen molar-refractivity contribution in [1.82, 2.24) is 0 Å². The Balaban J connectivity index is 2.19. The Morgan fingerprint density at radius 2 is 2.05 bits per heavy atom. The molecule has 1 N–H and O–H groups in total. The third kappa shape index (κ3) is 2.61. The van der Waals surface area contributed by atoms with Gasteiger partial charge in [-0.3, -0.25) is 4.79 Å². The highest BCUT2D eigenvalue weighted by molar-refractivity contribution is 5.97. The highest BCUT2D eigenvalue weighted by Gasteiger charge is 2.40. The summed E-state index contributed by atoms with van der Waals surface area (Å²) in [5.74, 6) is -1.23. The quantitative estimate of drug-likeness (QED) is 0.892. The van der Waals surface area contributed by atoms with Crippen molar-refractivity contribution in [2.24, 2.45) is 5.41 Å². The first-order chi connectivity index (χ1) is 9.61. The molecule has 6 heteroatoms. The lowest BCUT2D eigenvalue weighted by molar-refractivity contribution is -0.126. The third-order valence-corrected chi connectivity index (χ3v) is 3.34. The summed E-state index contributed by atoms with van der Waals surface area (Å²) in [4.78, 5) is 12.2. The average molecular weight is 273 g/mol. The number of hydrogen-bond acceptors (Lipinski definition) is 4. The van der Waals surface area contributed by atoms with Gasteiger partial charge < -0.3 is 10.1 Å². The zero-order valence-corrected chi connectivity index (χ0v) is 10.6. The molecule has 1 aromatic rings. The van der Waals surface area contributed by atoms with E-state index in [1.54, 1.807) is 0 Å². The van der Waals surface area contributed by atoms with Gasteiger partial charge in [0.25, 0.3) is 0 Å². The normalized spacial score (nSPS) is 16.8. The van der Waals surface area contributed by atoms with Crippen molar-refractivity contribution in [2.75, 3.05) is 18.5 Å². The zero-order valence-electron chi connectivity index (χ0n) is 10.6. The number of nitrogens with zero attached hydrogens (tertiary/aromatic N) is 2. The molecule has 0 bridgehead atoms. The molecule has 1 heterocycles. The van der Waals surface area contributed by atoms with Gasteiger partial charge in [-0.1, -0.05) is 0 Å². The maximum absolute atomic E-state index is 13.7. The van der Waals surface area contributed by atoms with E-state index in [1.165, 1.54) is 12.1 Å². The number of ether oxygens (including phenoxy) is 1. The molecule has 2 rings (SSSR count). The number of benzene rings is 1. The van der Waals surface area contributed by atoms with Crippen LogP contribution in [0.2, 0.25) is 0 Å². The van der Waals surface area contributed by atoms with Crippen LogP contribution in [-0.2, 0) is 9.53 Å². The molecule has 0 aliphatic carbocycles. The lowest BCUT2D eigenvalue weighted by Crippen LogP contribution is -2.40. The summed E-state index contributed by atoms with van der Waals surface area (Å²) >= 11 is 0. The van der Waals surface area contributed by atoms with E-state index in [4.69, 9.17) is 10.00 Å². The molecule has 1 saturated heterocycles. The topological polar surface area (TPSA) is 85.9 Å². The smallest absolute Gasteiger partial charge is 0.245 e. The molecule has 0 aromatic heterocycles. The molecule has 1 aliphatic heterocycles. The zero-order chi connectivity index (χ0) is 14.6. The maximum Gasteiger partial charge on any atom is 0.245 e. The largest absolute Gasteiger partial charge is 0.381 e. The van der Waals surface area contributed by atoms with Crippen molar-refractivity contribution in [3.8, 4) is 12.1 Å². The summed E-state index contributed by atoms with van der Waals surface area (Å²) in [6.45, 7) is 0.660. The number of rotatable bonds is 2. The number of carbonyl (C=O) groups excluding carboxylic acids is 1. The fraction of sp³-hybridized carbons (Fsp3) is 0.357. The molecule has 5 nitrogen and oxygen atoms in total. The van der Waals surface area contributed by atoms with Crippen molar-refractivity contribution >= 4 is 11.6 Å². The van der Waals surface area contributed by atoms with Crippen LogP contribution in [0.5, 0.6) is 0 Å². The van der Waals surface area contributed by atoms with Gasteiger partial charge in [0.1, 0.15) is 11.2 Å². The predicted molar refractivity (Wildman–Crippen MR) is 67.8 cm³/mol. The van der Waals surface area contributed by atoms with Gasteiger partial charge in [0.15, 0.2) is 0 Å². The molecule has 1 fully saturated rings. The van der Waals surface area contributed by atoms with Crippen LogP contribution in [0.15, 0.2) is 18.2 Å². The second-order valence-electron chi connectivity index (χ2n) is 4.57. The highest BCUT2D eigenvalue weighted by Crippen LogP contribution is 2.31. The Labute approximate surface area is 115 Å². The maximum atomic E-state index is 13.7. The number of halogens is 1. The van der Waals surface area contributed by atoms with Crippen LogP contribution >= 0.6 is 0 Å². The molecule has 1 aromatic carbocycles. The van der Waals surface area contributed by atoms with E-state index >= 15 is 0 Å². The van der Waals surface area contributed by atoms with Crippen LogP contribution < -0.4 is 5.32 Å². The number of anilines is 1. The van der Waals surface area contributed by atoms with Gasteiger partial charge in [-0.2, -0.15) is 10.5 Å².